The maximum atomic E-state index is 11.7. The van der Waals surface area contributed by atoms with Gasteiger partial charge in [-0.25, -0.2) is 0 Å². The summed E-state index contributed by atoms with van der Waals surface area (Å²) in [6.45, 7) is 3.67. The molecule has 0 aromatic heterocycles. The molecule has 0 heterocycles. The van der Waals surface area contributed by atoms with Gasteiger partial charge in [-0.2, -0.15) is 0 Å². The Balaban J connectivity index is 2.50. The fourth-order valence-corrected chi connectivity index (χ4v) is 1.60. The van der Waals surface area contributed by atoms with Gasteiger partial charge < -0.3 is 10.4 Å². The fourth-order valence-electron chi connectivity index (χ4n) is 1.60. The van der Waals surface area contributed by atoms with E-state index in [2.05, 4.69) is 5.32 Å². The highest BCUT2D eigenvalue weighted by Gasteiger charge is 2.13. The summed E-state index contributed by atoms with van der Waals surface area (Å²) in [6, 6.07) is 7.49. The second kappa shape index (κ2) is 6.03. The molecular formula is C13H17NO3. The van der Waals surface area contributed by atoms with Crippen LogP contribution in [-0.4, -0.2) is 17.0 Å². The number of hydrogen-bond donors (Lipinski definition) is 2. The van der Waals surface area contributed by atoms with Gasteiger partial charge >= 0.3 is 5.97 Å². The molecule has 0 unspecified atom stereocenters. The first-order valence-corrected chi connectivity index (χ1v) is 5.56. The molecule has 92 valence electrons. The minimum absolute atomic E-state index is 0.0151. The molecule has 0 radical (unpaired) electrons. The monoisotopic (exact) mass is 235 g/mol. The van der Waals surface area contributed by atoms with Gasteiger partial charge in [-0.1, -0.05) is 25.1 Å². The number of nitrogens with one attached hydrogen (secondary N) is 1. The molecule has 0 aliphatic rings. The molecular weight excluding hydrogens is 218 g/mol. The Bertz CT molecular complexity index is 415. The third-order valence-corrected chi connectivity index (χ3v) is 2.48. The lowest BCUT2D eigenvalue weighted by atomic mass is 10.0. The predicted octanol–water partition coefficient (Wildman–Crippen LogP) is 2.43. The maximum absolute atomic E-state index is 11.7. The van der Waals surface area contributed by atoms with Gasteiger partial charge in [0, 0.05) is 18.5 Å². The van der Waals surface area contributed by atoms with E-state index in [4.69, 9.17) is 5.11 Å². The van der Waals surface area contributed by atoms with Gasteiger partial charge in [-0.3, -0.25) is 9.59 Å². The summed E-state index contributed by atoms with van der Waals surface area (Å²) >= 11 is 0. The summed E-state index contributed by atoms with van der Waals surface area (Å²) < 4.78 is 0. The lowest BCUT2D eigenvalue weighted by molar-refractivity contribution is -0.138. The molecule has 1 amide bonds. The third kappa shape index (κ3) is 4.68. The third-order valence-electron chi connectivity index (χ3n) is 2.48. The van der Waals surface area contributed by atoms with Crippen LogP contribution in [0.1, 0.15) is 25.3 Å². The zero-order chi connectivity index (χ0) is 12.8. The molecule has 1 aromatic rings. The Morgan fingerprint density at radius 3 is 2.53 bits per heavy atom. The van der Waals surface area contributed by atoms with Crippen LogP contribution in [-0.2, 0) is 9.59 Å². The van der Waals surface area contributed by atoms with Crippen LogP contribution in [0, 0.1) is 12.8 Å². The number of anilines is 1. The normalized spacial score (nSPS) is 11.9. The highest BCUT2D eigenvalue weighted by molar-refractivity contribution is 5.91. The Morgan fingerprint density at radius 1 is 1.29 bits per heavy atom. The van der Waals surface area contributed by atoms with Gasteiger partial charge in [0.1, 0.15) is 0 Å². The van der Waals surface area contributed by atoms with Crippen molar-refractivity contribution in [1.29, 1.82) is 0 Å². The van der Waals surface area contributed by atoms with Crippen molar-refractivity contribution < 1.29 is 14.7 Å². The van der Waals surface area contributed by atoms with Gasteiger partial charge in [0.2, 0.25) is 5.91 Å². The molecule has 0 bridgehead atoms. The van der Waals surface area contributed by atoms with E-state index in [1.54, 1.807) is 6.92 Å². The summed E-state index contributed by atoms with van der Waals surface area (Å²) in [6.07, 6.45) is 0.238. The summed E-state index contributed by atoms with van der Waals surface area (Å²) in [5, 5.41) is 11.4. The lowest BCUT2D eigenvalue weighted by Crippen LogP contribution is -2.17. The highest BCUT2D eigenvalue weighted by Crippen LogP contribution is 2.15. The van der Waals surface area contributed by atoms with E-state index in [1.807, 2.05) is 31.2 Å². The second-order valence-corrected chi connectivity index (χ2v) is 4.27. The molecule has 17 heavy (non-hydrogen) atoms. The molecule has 0 aliphatic heterocycles. The number of carboxylic acid groups (broad SMARTS) is 1. The van der Waals surface area contributed by atoms with Crippen molar-refractivity contribution in [2.75, 3.05) is 5.32 Å². The minimum atomic E-state index is -0.874. The van der Waals surface area contributed by atoms with Crippen molar-refractivity contribution in [3.63, 3.8) is 0 Å². The van der Waals surface area contributed by atoms with E-state index in [-0.39, 0.29) is 24.7 Å². The van der Waals surface area contributed by atoms with Gasteiger partial charge in [-0.15, -0.1) is 0 Å². The van der Waals surface area contributed by atoms with Crippen LogP contribution in [0.5, 0.6) is 0 Å². The number of benzene rings is 1. The van der Waals surface area contributed by atoms with E-state index >= 15 is 0 Å². The van der Waals surface area contributed by atoms with Crippen LogP contribution in [0.2, 0.25) is 0 Å². The molecule has 0 spiro atoms. The van der Waals surface area contributed by atoms with Crippen molar-refractivity contribution in [1.82, 2.24) is 0 Å². The molecule has 2 N–H and O–H groups in total. The average Bonchev–Trinajstić information content (AvgIpc) is 2.19. The van der Waals surface area contributed by atoms with Gasteiger partial charge in [0.25, 0.3) is 0 Å². The van der Waals surface area contributed by atoms with Gasteiger partial charge in [-0.05, 0) is 24.5 Å². The first-order chi connectivity index (χ1) is 7.99. The number of aliphatic carboxylic acids is 1. The summed E-state index contributed by atoms with van der Waals surface area (Å²) in [4.78, 5) is 22.1. The Hall–Kier alpha value is -1.84. The second-order valence-electron chi connectivity index (χ2n) is 4.27. The van der Waals surface area contributed by atoms with E-state index in [0.29, 0.717) is 0 Å². The average molecular weight is 235 g/mol. The number of hydrogen-bond acceptors (Lipinski definition) is 2. The number of amides is 1. The van der Waals surface area contributed by atoms with E-state index in [0.717, 1.165) is 11.3 Å². The van der Waals surface area contributed by atoms with Crippen LogP contribution in [0.25, 0.3) is 0 Å². The number of carbonyl (C=O) groups excluding carboxylic acids is 1. The number of rotatable bonds is 5. The summed E-state index contributed by atoms with van der Waals surface area (Å²) in [5.74, 6) is -1.18. The van der Waals surface area contributed by atoms with Crippen LogP contribution >= 0.6 is 0 Å². The number of para-hydroxylation sites is 1. The fraction of sp³-hybridized carbons (Fsp3) is 0.385. The standard InChI is InChI=1S/C13H17NO3/c1-9(8-13(16)17)7-12(15)14-11-6-4-3-5-10(11)2/h3-6,9H,7-8H2,1-2H3,(H,14,15)(H,16,17)/t9-/m1/s1. The Morgan fingerprint density at radius 2 is 1.94 bits per heavy atom. The Labute approximate surface area is 101 Å². The van der Waals surface area contributed by atoms with E-state index < -0.39 is 5.97 Å². The molecule has 1 rings (SSSR count). The van der Waals surface area contributed by atoms with Gasteiger partial charge in [0.15, 0.2) is 0 Å². The number of carboxylic acids is 1. The number of carbonyl (C=O) groups is 2. The van der Waals surface area contributed by atoms with E-state index in [1.165, 1.54) is 0 Å². The molecule has 1 aromatic carbocycles. The molecule has 0 saturated carbocycles. The molecule has 4 nitrogen and oxygen atoms in total. The van der Waals surface area contributed by atoms with Crippen molar-refractivity contribution in [2.45, 2.75) is 26.7 Å². The molecule has 0 fully saturated rings. The van der Waals surface area contributed by atoms with Gasteiger partial charge in [0.05, 0.1) is 0 Å². The predicted molar refractivity (Wildman–Crippen MR) is 65.8 cm³/mol. The summed E-state index contributed by atoms with van der Waals surface area (Å²) in [7, 11) is 0. The lowest BCUT2D eigenvalue weighted by Gasteiger charge is -2.10. The van der Waals surface area contributed by atoms with Crippen molar-refractivity contribution in [3.8, 4) is 0 Å². The first kappa shape index (κ1) is 13.2. The minimum Gasteiger partial charge on any atom is -0.481 e. The van der Waals surface area contributed by atoms with Crippen molar-refractivity contribution in [2.24, 2.45) is 5.92 Å². The topological polar surface area (TPSA) is 66.4 Å². The maximum Gasteiger partial charge on any atom is 0.303 e. The molecule has 0 saturated heterocycles. The number of aryl methyl sites for hydroxylation is 1. The highest BCUT2D eigenvalue weighted by atomic mass is 16.4. The zero-order valence-corrected chi connectivity index (χ0v) is 10.1. The smallest absolute Gasteiger partial charge is 0.303 e. The largest absolute Gasteiger partial charge is 0.481 e. The first-order valence-electron chi connectivity index (χ1n) is 5.56. The van der Waals surface area contributed by atoms with Crippen LogP contribution < -0.4 is 5.32 Å². The van der Waals surface area contributed by atoms with Crippen LogP contribution in [0.15, 0.2) is 24.3 Å². The molecule has 1 atom stereocenters. The van der Waals surface area contributed by atoms with Crippen LogP contribution in [0.3, 0.4) is 0 Å². The van der Waals surface area contributed by atoms with Crippen LogP contribution in [0.4, 0.5) is 5.69 Å². The molecule has 4 heteroatoms. The Kier molecular flexibility index (Phi) is 4.69. The quantitative estimate of drug-likeness (QED) is 0.823. The van der Waals surface area contributed by atoms with E-state index in [9.17, 15) is 9.59 Å². The zero-order valence-electron chi connectivity index (χ0n) is 10.1. The SMILES string of the molecule is Cc1ccccc1NC(=O)C[C@@H](C)CC(=O)O. The van der Waals surface area contributed by atoms with Crippen molar-refractivity contribution >= 4 is 17.6 Å². The molecule has 0 aliphatic carbocycles. The summed E-state index contributed by atoms with van der Waals surface area (Å²) in [5.41, 5.74) is 1.77. The van der Waals surface area contributed by atoms with Crippen molar-refractivity contribution in [3.05, 3.63) is 29.8 Å².